The number of benzene rings is 2. The Bertz CT molecular complexity index is 821. The van der Waals surface area contributed by atoms with Gasteiger partial charge in [-0.25, -0.2) is 9.18 Å². The number of nitrogen functional groups attached to an aromatic ring is 1. The smallest absolute Gasteiger partial charge is 0.343 e. The van der Waals surface area contributed by atoms with E-state index >= 15 is 0 Å². The molecule has 5 nitrogen and oxygen atoms in total. The molecule has 0 aliphatic carbocycles. The zero-order chi connectivity index (χ0) is 15.5. The highest BCUT2D eigenvalue weighted by Crippen LogP contribution is 2.29. The zero-order valence-corrected chi connectivity index (χ0v) is 12.0. The van der Waals surface area contributed by atoms with E-state index in [9.17, 15) is 9.18 Å². The van der Waals surface area contributed by atoms with E-state index in [4.69, 9.17) is 10.5 Å². The molecule has 0 atom stereocenters. The first-order valence-electron chi connectivity index (χ1n) is 6.29. The van der Waals surface area contributed by atoms with Gasteiger partial charge < -0.3 is 10.5 Å². The lowest BCUT2D eigenvalue weighted by Gasteiger charge is -2.05. The molecule has 0 spiro atoms. The first kappa shape index (κ1) is 14.2. The van der Waals surface area contributed by atoms with Crippen molar-refractivity contribution in [2.24, 2.45) is 0 Å². The number of hydrogen-bond acceptors (Lipinski definition) is 6. The molecule has 110 valence electrons. The van der Waals surface area contributed by atoms with Crippen LogP contribution in [0.1, 0.15) is 10.4 Å². The Morgan fingerprint density at radius 3 is 2.55 bits per heavy atom. The van der Waals surface area contributed by atoms with Crippen molar-refractivity contribution >= 4 is 22.4 Å². The average molecular weight is 315 g/mol. The predicted molar refractivity (Wildman–Crippen MR) is 81.1 cm³/mol. The third kappa shape index (κ3) is 2.94. The number of hydrogen-bond donors (Lipinski definition) is 1. The second-order valence-corrected chi connectivity index (χ2v) is 5.35. The van der Waals surface area contributed by atoms with E-state index in [-0.39, 0.29) is 16.4 Å². The molecule has 0 unspecified atom stereocenters. The van der Waals surface area contributed by atoms with Gasteiger partial charge in [-0.3, -0.25) is 0 Å². The molecule has 0 radical (unpaired) electrons. The maximum Gasteiger partial charge on any atom is 0.343 e. The molecule has 1 heterocycles. The third-order valence-electron chi connectivity index (χ3n) is 2.83. The lowest BCUT2D eigenvalue weighted by atomic mass is 10.2. The number of nitrogens with zero attached hydrogens (tertiary/aromatic N) is 2. The second-order valence-electron chi connectivity index (χ2n) is 4.34. The van der Waals surface area contributed by atoms with Crippen LogP contribution in [0.15, 0.2) is 48.5 Å². The van der Waals surface area contributed by atoms with Crippen molar-refractivity contribution in [3.05, 3.63) is 59.9 Å². The van der Waals surface area contributed by atoms with E-state index in [0.29, 0.717) is 10.6 Å². The predicted octanol–water partition coefficient (Wildman–Crippen LogP) is 3.15. The van der Waals surface area contributed by atoms with Gasteiger partial charge in [0.1, 0.15) is 11.6 Å². The molecule has 2 N–H and O–H groups in total. The Hall–Kier alpha value is -2.80. The minimum absolute atomic E-state index is 0.118. The monoisotopic (exact) mass is 315 g/mol. The average Bonchev–Trinajstić information content (AvgIpc) is 2.94. The molecule has 0 saturated carbocycles. The molecule has 3 rings (SSSR count). The Morgan fingerprint density at radius 1 is 1.14 bits per heavy atom. The molecule has 0 bridgehead atoms. The number of carbonyl (C=O) groups is 1. The summed E-state index contributed by atoms with van der Waals surface area (Å²) in [5.74, 6) is -0.991. The fourth-order valence-electron chi connectivity index (χ4n) is 1.82. The second kappa shape index (κ2) is 5.90. The van der Waals surface area contributed by atoms with Gasteiger partial charge >= 0.3 is 5.97 Å². The van der Waals surface area contributed by atoms with Gasteiger partial charge in [0, 0.05) is 11.6 Å². The maximum atomic E-state index is 14.1. The SMILES string of the molecule is Nc1nnc(-c2ccc(OC(=O)c3ccccc3)cc2F)s1. The highest BCUT2D eigenvalue weighted by molar-refractivity contribution is 7.18. The fraction of sp³-hybridized carbons (Fsp3) is 0. The van der Waals surface area contributed by atoms with Crippen molar-refractivity contribution in [3.8, 4) is 16.3 Å². The summed E-state index contributed by atoms with van der Waals surface area (Å²) < 4.78 is 19.2. The topological polar surface area (TPSA) is 78.1 Å². The van der Waals surface area contributed by atoms with Gasteiger partial charge in [0.05, 0.1) is 5.56 Å². The van der Waals surface area contributed by atoms with Gasteiger partial charge in [-0.05, 0) is 24.3 Å². The Kier molecular flexibility index (Phi) is 3.80. The summed E-state index contributed by atoms with van der Waals surface area (Å²) in [6.45, 7) is 0. The molecule has 2 aromatic carbocycles. The number of ether oxygens (including phenoxy) is 1. The van der Waals surface area contributed by atoms with Gasteiger partial charge in [-0.1, -0.05) is 29.5 Å². The third-order valence-corrected chi connectivity index (χ3v) is 3.62. The Balaban J connectivity index is 1.82. The van der Waals surface area contributed by atoms with Crippen molar-refractivity contribution in [1.82, 2.24) is 10.2 Å². The fourth-order valence-corrected chi connectivity index (χ4v) is 2.45. The summed E-state index contributed by atoms with van der Waals surface area (Å²) >= 11 is 1.08. The zero-order valence-electron chi connectivity index (χ0n) is 11.2. The summed E-state index contributed by atoms with van der Waals surface area (Å²) in [7, 11) is 0. The standard InChI is InChI=1S/C15H10FN3O2S/c16-12-8-10(21-14(20)9-4-2-1-3-5-9)6-7-11(12)13-18-19-15(17)22-13/h1-8H,(H2,17,19). The van der Waals surface area contributed by atoms with Crippen LogP contribution in [0.5, 0.6) is 5.75 Å². The molecule has 1 aromatic heterocycles. The van der Waals surface area contributed by atoms with Crippen molar-refractivity contribution in [3.63, 3.8) is 0 Å². The number of rotatable bonds is 3. The van der Waals surface area contributed by atoms with Crippen molar-refractivity contribution in [2.75, 3.05) is 5.73 Å². The Morgan fingerprint density at radius 2 is 1.91 bits per heavy atom. The van der Waals surface area contributed by atoms with Crippen LogP contribution in [0.4, 0.5) is 9.52 Å². The summed E-state index contributed by atoms with van der Waals surface area (Å²) in [5, 5.41) is 8.05. The molecule has 0 aliphatic heterocycles. The molecule has 0 aliphatic rings. The van der Waals surface area contributed by atoms with Gasteiger partial charge in [-0.15, -0.1) is 10.2 Å². The van der Waals surface area contributed by atoms with Crippen LogP contribution < -0.4 is 10.5 Å². The number of aromatic nitrogens is 2. The summed E-state index contributed by atoms with van der Waals surface area (Å²) in [4.78, 5) is 11.9. The molecule has 22 heavy (non-hydrogen) atoms. The largest absolute Gasteiger partial charge is 0.423 e. The van der Waals surface area contributed by atoms with E-state index in [0.717, 1.165) is 17.4 Å². The molecule has 0 fully saturated rings. The number of nitrogens with two attached hydrogens (primary N) is 1. The van der Waals surface area contributed by atoms with Crippen LogP contribution in [0, 0.1) is 5.82 Å². The van der Waals surface area contributed by atoms with Gasteiger partial charge in [0.2, 0.25) is 5.13 Å². The normalized spacial score (nSPS) is 10.4. The Labute approximate surface area is 129 Å². The quantitative estimate of drug-likeness (QED) is 0.593. The lowest BCUT2D eigenvalue weighted by Crippen LogP contribution is -2.08. The van der Waals surface area contributed by atoms with Crippen LogP contribution in [-0.4, -0.2) is 16.2 Å². The number of halogens is 1. The first-order chi connectivity index (χ1) is 10.6. The summed E-state index contributed by atoms with van der Waals surface area (Å²) in [6, 6.07) is 12.6. The minimum atomic E-state index is -0.561. The van der Waals surface area contributed by atoms with Gasteiger partial charge in [0.15, 0.2) is 5.01 Å². The van der Waals surface area contributed by atoms with Crippen molar-refractivity contribution < 1.29 is 13.9 Å². The number of carbonyl (C=O) groups excluding carboxylic acids is 1. The van der Waals surface area contributed by atoms with Gasteiger partial charge in [-0.2, -0.15) is 0 Å². The van der Waals surface area contributed by atoms with Crippen molar-refractivity contribution in [1.29, 1.82) is 0 Å². The maximum absolute atomic E-state index is 14.1. The van der Waals surface area contributed by atoms with E-state index < -0.39 is 11.8 Å². The lowest BCUT2D eigenvalue weighted by molar-refractivity contribution is 0.0734. The number of anilines is 1. The van der Waals surface area contributed by atoms with E-state index in [1.165, 1.54) is 12.1 Å². The molecular formula is C15H10FN3O2S. The van der Waals surface area contributed by atoms with E-state index in [1.54, 1.807) is 30.3 Å². The van der Waals surface area contributed by atoms with Crippen LogP contribution in [0.3, 0.4) is 0 Å². The van der Waals surface area contributed by atoms with E-state index in [2.05, 4.69) is 10.2 Å². The van der Waals surface area contributed by atoms with Crippen LogP contribution in [-0.2, 0) is 0 Å². The van der Waals surface area contributed by atoms with Crippen LogP contribution in [0.25, 0.3) is 10.6 Å². The van der Waals surface area contributed by atoms with Crippen molar-refractivity contribution in [2.45, 2.75) is 0 Å². The van der Waals surface area contributed by atoms with Crippen LogP contribution >= 0.6 is 11.3 Å². The summed E-state index contributed by atoms with van der Waals surface area (Å²) in [6.07, 6.45) is 0. The molecule has 3 aromatic rings. The molecule has 7 heteroatoms. The molecule has 0 saturated heterocycles. The highest BCUT2D eigenvalue weighted by atomic mass is 32.1. The minimum Gasteiger partial charge on any atom is -0.423 e. The highest BCUT2D eigenvalue weighted by Gasteiger charge is 2.13. The van der Waals surface area contributed by atoms with E-state index in [1.807, 2.05) is 0 Å². The summed E-state index contributed by atoms with van der Waals surface area (Å²) in [5.41, 5.74) is 6.13. The first-order valence-corrected chi connectivity index (χ1v) is 7.11. The molecular weight excluding hydrogens is 305 g/mol. The number of esters is 1. The van der Waals surface area contributed by atoms with Crippen LogP contribution in [0.2, 0.25) is 0 Å². The molecule has 0 amide bonds. The van der Waals surface area contributed by atoms with Gasteiger partial charge in [0.25, 0.3) is 0 Å².